The van der Waals surface area contributed by atoms with Gasteiger partial charge in [-0.15, -0.1) is 0 Å². The smallest absolute Gasteiger partial charge is 0.253 e. The maximum atomic E-state index is 12.2. The van der Waals surface area contributed by atoms with Crippen molar-refractivity contribution in [2.45, 2.75) is 46.8 Å². The van der Waals surface area contributed by atoms with Crippen molar-refractivity contribution in [2.75, 3.05) is 18.5 Å². The van der Waals surface area contributed by atoms with Gasteiger partial charge in [-0.2, -0.15) is 0 Å². The third-order valence-electron chi connectivity index (χ3n) is 3.27. The van der Waals surface area contributed by atoms with E-state index in [1.54, 1.807) is 6.92 Å². The Labute approximate surface area is 128 Å². The van der Waals surface area contributed by atoms with Crippen LogP contribution in [0.2, 0.25) is 0 Å². The van der Waals surface area contributed by atoms with E-state index in [9.17, 15) is 4.79 Å². The molecule has 4 heteroatoms. The van der Waals surface area contributed by atoms with Crippen LogP contribution in [0.15, 0.2) is 24.3 Å². The van der Waals surface area contributed by atoms with Crippen molar-refractivity contribution in [2.24, 2.45) is 5.92 Å². The molecule has 0 bridgehead atoms. The first-order valence-electron chi connectivity index (χ1n) is 7.75. The van der Waals surface area contributed by atoms with Gasteiger partial charge in [-0.1, -0.05) is 39.0 Å². The molecule has 118 valence electrons. The fraction of sp³-hybridized carbons (Fsp3) is 0.588. The third kappa shape index (κ3) is 6.74. The fourth-order valence-electron chi connectivity index (χ4n) is 1.85. The highest BCUT2D eigenvalue weighted by Gasteiger charge is 2.14. The monoisotopic (exact) mass is 292 g/mol. The Hall–Kier alpha value is -1.39. The lowest BCUT2D eigenvalue weighted by molar-refractivity contribution is -0.126. The Balaban J connectivity index is 2.53. The molecule has 0 radical (unpaired) electrons. The van der Waals surface area contributed by atoms with Crippen LogP contribution in [0.5, 0.6) is 0 Å². The maximum Gasteiger partial charge on any atom is 0.253 e. The summed E-state index contributed by atoms with van der Waals surface area (Å²) in [6, 6.07) is 7.84. The SMILES string of the molecule is CCNCc1ccccc1NC(=O)C(C)OCCC(C)C. The average molecular weight is 292 g/mol. The highest BCUT2D eigenvalue weighted by molar-refractivity contribution is 5.94. The summed E-state index contributed by atoms with van der Waals surface area (Å²) in [5.41, 5.74) is 1.94. The number of para-hydroxylation sites is 1. The minimum Gasteiger partial charge on any atom is -0.369 e. The number of benzene rings is 1. The van der Waals surface area contributed by atoms with Crippen LogP contribution in [-0.2, 0) is 16.1 Å². The molecule has 1 aromatic rings. The van der Waals surface area contributed by atoms with Gasteiger partial charge in [0.1, 0.15) is 6.10 Å². The van der Waals surface area contributed by atoms with Crippen LogP contribution >= 0.6 is 0 Å². The molecule has 1 rings (SSSR count). The Morgan fingerprint density at radius 3 is 2.62 bits per heavy atom. The number of carbonyl (C=O) groups is 1. The average Bonchev–Trinajstić information content (AvgIpc) is 2.45. The van der Waals surface area contributed by atoms with Crippen molar-refractivity contribution in [1.29, 1.82) is 0 Å². The van der Waals surface area contributed by atoms with E-state index in [1.165, 1.54) is 0 Å². The second kappa shape index (κ2) is 9.53. The molecule has 0 heterocycles. The molecule has 2 N–H and O–H groups in total. The molecule has 0 fully saturated rings. The third-order valence-corrected chi connectivity index (χ3v) is 3.27. The Morgan fingerprint density at radius 2 is 1.95 bits per heavy atom. The van der Waals surface area contributed by atoms with Crippen LogP contribution in [0, 0.1) is 5.92 Å². The lowest BCUT2D eigenvalue weighted by atomic mass is 10.1. The van der Waals surface area contributed by atoms with Crippen LogP contribution < -0.4 is 10.6 Å². The summed E-state index contributed by atoms with van der Waals surface area (Å²) in [5, 5.41) is 6.22. The standard InChI is InChI=1S/C17H28N2O2/c1-5-18-12-15-8-6-7-9-16(15)19-17(20)14(4)21-11-10-13(2)3/h6-9,13-14,18H,5,10-12H2,1-4H3,(H,19,20). The second-order valence-electron chi connectivity index (χ2n) is 5.62. The first-order valence-corrected chi connectivity index (χ1v) is 7.75. The molecule has 0 aliphatic heterocycles. The number of hydrogen-bond donors (Lipinski definition) is 2. The van der Waals surface area contributed by atoms with Crippen molar-refractivity contribution in [3.05, 3.63) is 29.8 Å². The highest BCUT2D eigenvalue weighted by atomic mass is 16.5. The first-order chi connectivity index (χ1) is 10.0. The van der Waals surface area contributed by atoms with Gasteiger partial charge in [-0.3, -0.25) is 4.79 Å². The van der Waals surface area contributed by atoms with Crippen LogP contribution in [0.25, 0.3) is 0 Å². The first kappa shape index (κ1) is 17.7. The molecule has 0 saturated carbocycles. The fourth-order valence-corrected chi connectivity index (χ4v) is 1.85. The van der Waals surface area contributed by atoms with E-state index in [1.807, 2.05) is 24.3 Å². The van der Waals surface area contributed by atoms with Gasteiger partial charge in [-0.05, 0) is 37.4 Å². The lowest BCUT2D eigenvalue weighted by Crippen LogP contribution is -2.29. The van der Waals surface area contributed by atoms with E-state index in [4.69, 9.17) is 4.74 Å². The second-order valence-corrected chi connectivity index (χ2v) is 5.62. The number of amides is 1. The van der Waals surface area contributed by atoms with E-state index in [2.05, 4.69) is 31.4 Å². The normalized spacial score (nSPS) is 12.4. The minimum atomic E-state index is -0.434. The quantitative estimate of drug-likeness (QED) is 0.735. The number of rotatable bonds is 9. The van der Waals surface area contributed by atoms with E-state index in [0.717, 1.165) is 30.8 Å². The summed E-state index contributed by atoms with van der Waals surface area (Å²) in [4.78, 5) is 12.2. The van der Waals surface area contributed by atoms with Crippen molar-refractivity contribution >= 4 is 11.6 Å². The summed E-state index contributed by atoms with van der Waals surface area (Å²) in [5.74, 6) is 0.490. The summed E-state index contributed by atoms with van der Waals surface area (Å²) >= 11 is 0. The topological polar surface area (TPSA) is 50.4 Å². The van der Waals surface area contributed by atoms with Gasteiger partial charge in [0.15, 0.2) is 0 Å². The summed E-state index contributed by atoms with van der Waals surface area (Å²) in [6.45, 7) is 10.4. The molecule has 4 nitrogen and oxygen atoms in total. The van der Waals surface area contributed by atoms with Crippen LogP contribution in [0.4, 0.5) is 5.69 Å². The predicted molar refractivity (Wildman–Crippen MR) is 87.3 cm³/mol. The van der Waals surface area contributed by atoms with Crippen molar-refractivity contribution in [3.63, 3.8) is 0 Å². The van der Waals surface area contributed by atoms with Crippen LogP contribution in [-0.4, -0.2) is 25.2 Å². The van der Waals surface area contributed by atoms with Crippen molar-refractivity contribution < 1.29 is 9.53 Å². The number of carbonyl (C=O) groups excluding carboxylic acids is 1. The Kier molecular flexibility index (Phi) is 8.01. The van der Waals surface area contributed by atoms with Gasteiger partial charge in [-0.25, -0.2) is 0 Å². The molecule has 1 unspecified atom stereocenters. The predicted octanol–water partition coefficient (Wildman–Crippen LogP) is 3.19. The van der Waals surface area contributed by atoms with Gasteiger partial charge in [0, 0.05) is 18.8 Å². The largest absolute Gasteiger partial charge is 0.369 e. The summed E-state index contributed by atoms with van der Waals surface area (Å²) in [6.07, 6.45) is 0.533. The molecule has 0 aliphatic carbocycles. The number of hydrogen-bond acceptors (Lipinski definition) is 3. The van der Waals surface area contributed by atoms with E-state index < -0.39 is 6.10 Å². The summed E-state index contributed by atoms with van der Waals surface area (Å²) < 4.78 is 5.58. The molecule has 0 spiro atoms. The van der Waals surface area contributed by atoms with Gasteiger partial charge in [0.05, 0.1) is 0 Å². The number of ether oxygens (including phenoxy) is 1. The molecular weight excluding hydrogens is 264 g/mol. The van der Waals surface area contributed by atoms with Gasteiger partial charge in [0.2, 0.25) is 0 Å². The van der Waals surface area contributed by atoms with Crippen LogP contribution in [0.1, 0.15) is 39.7 Å². The van der Waals surface area contributed by atoms with E-state index >= 15 is 0 Å². The zero-order chi connectivity index (χ0) is 15.7. The van der Waals surface area contributed by atoms with Gasteiger partial charge < -0.3 is 15.4 Å². The minimum absolute atomic E-state index is 0.0947. The molecule has 0 aliphatic rings. The van der Waals surface area contributed by atoms with Crippen molar-refractivity contribution in [1.82, 2.24) is 5.32 Å². The zero-order valence-corrected chi connectivity index (χ0v) is 13.6. The lowest BCUT2D eigenvalue weighted by Gasteiger charge is -2.16. The maximum absolute atomic E-state index is 12.2. The number of nitrogens with one attached hydrogen (secondary N) is 2. The highest BCUT2D eigenvalue weighted by Crippen LogP contribution is 2.15. The Morgan fingerprint density at radius 1 is 1.24 bits per heavy atom. The van der Waals surface area contributed by atoms with E-state index in [0.29, 0.717) is 12.5 Å². The van der Waals surface area contributed by atoms with Gasteiger partial charge in [0.25, 0.3) is 5.91 Å². The molecule has 1 aromatic carbocycles. The van der Waals surface area contributed by atoms with Crippen molar-refractivity contribution in [3.8, 4) is 0 Å². The molecule has 0 saturated heterocycles. The van der Waals surface area contributed by atoms with Gasteiger partial charge >= 0.3 is 0 Å². The zero-order valence-electron chi connectivity index (χ0n) is 13.6. The molecule has 21 heavy (non-hydrogen) atoms. The summed E-state index contributed by atoms with van der Waals surface area (Å²) in [7, 11) is 0. The molecular formula is C17H28N2O2. The molecule has 1 amide bonds. The number of anilines is 1. The van der Waals surface area contributed by atoms with E-state index in [-0.39, 0.29) is 5.91 Å². The molecule has 0 aromatic heterocycles. The van der Waals surface area contributed by atoms with Crippen LogP contribution in [0.3, 0.4) is 0 Å². The molecule has 1 atom stereocenters. The Bertz CT molecular complexity index is 433.